The number of anilines is 1. The molecule has 29 heavy (non-hydrogen) atoms. The van der Waals surface area contributed by atoms with Crippen LogP contribution in [0.25, 0.3) is 5.69 Å². The van der Waals surface area contributed by atoms with Gasteiger partial charge in [0.2, 0.25) is 15.9 Å². The van der Waals surface area contributed by atoms with Crippen molar-refractivity contribution in [3.63, 3.8) is 0 Å². The van der Waals surface area contributed by atoms with Crippen molar-refractivity contribution in [2.24, 2.45) is 5.14 Å². The molecule has 0 aliphatic carbocycles. The molecular weight excluding hydrogens is 416 g/mol. The molecule has 10 heteroatoms. The highest BCUT2D eigenvalue weighted by Crippen LogP contribution is 2.24. The number of amides is 1. The van der Waals surface area contributed by atoms with Gasteiger partial charge in [-0.1, -0.05) is 29.8 Å². The Morgan fingerprint density at radius 3 is 2.55 bits per heavy atom. The lowest BCUT2D eigenvalue weighted by atomic mass is 10.1. The van der Waals surface area contributed by atoms with E-state index < -0.39 is 10.0 Å². The third-order valence-corrected chi connectivity index (χ3v) is 5.40. The van der Waals surface area contributed by atoms with E-state index in [0.717, 1.165) is 0 Å². The summed E-state index contributed by atoms with van der Waals surface area (Å²) in [5.74, 6) is -0.582. The molecule has 1 heterocycles. The van der Waals surface area contributed by atoms with Gasteiger partial charge < -0.3 is 5.32 Å². The molecule has 0 bridgehead atoms. The van der Waals surface area contributed by atoms with Gasteiger partial charge in [-0.3, -0.25) is 9.59 Å². The van der Waals surface area contributed by atoms with Crippen LogP contribution in [0, 0.1) is 0 Å². The van der Waals surface area contributed by atoms with Crippen LogP contribution in [0.15, 0.2) is 59.8 Å². The highest BCUT2D eigenvalue weighted by atomic mass is 35.5. The molecule has 1 aromatic heterocycles. The minimum Gasteiger partial charge on any atom is -0.326 e. The molecule has 1 amide bonds. The number of benzene rings is 2. The van der Waals surface area contributed by atoms with Crippen LogP contribution in [0.2, 0.25) is 5.02 Å². The quantitative estimate of drug-likeness (QED) is 0.579. The Balaban J connectivity index is 1.90. The third kappa shape index (κ3) is 4.89. The molecule has 0 aliphatic rings. The number of sulfonamides is 1. The number of hydrogen-bond acceptors (Lipinski definition) is 5. The van der Waals surface area contributed by atoms with E-state index in [1.165, 1.54) is 42.2 Å². The Labute approximate surface area is 172 Å². The maximum absolute atomic E-state index is 12.3. The van der Waals surface area contributed by atoms with Crippen LogP contribution in [-0.4, -0.2) is 29.9 Å². The number of aromatic nitrogens is 2. The largest absolute Gasteiger partial charge is 0.326 e. The Hall–Kier alpha value is -3.01. The van der Waals surface area contributed by atoms with E-state index >= 15 is 0 Å². The smallest absolute Gasteiger partial charge is 0.240 e. The van der Waals surface area contributed by atoms with Gasteiger partial charge in [0, 0.05) is 16.9 Å². The second-order valence-electron chi connectivity index (χ2n) is 6.27. The van der Waals surface area contributed by atoms with Crippen LogP contribution >= 0.6 is 11.6 Å². The fourth-order valence-electron chi connectivity index (χ4n) is 2.67. The van der Waals surface area contributed by atoms with Crippen LogP contribution in [0.1, 0.15) is 22.8 Å². The minimum absolute atomic E-state index is 0.0211. The molecule has 0 spiro atoms. The molecule has 3 aromatic rings. The topological polar surface area (TPSA) is 124 Å². The molecule has 0 radical (unpaired) electrons. The van der Waals surface area contributed by atoms with E-state index in [9.17, 15) is 18.0 Å². The van der Waals surface area contributed by atoms with Gasteiger partial charge in [0.25, 0.3) is 0 Å². The lowest BCUT2D eigenvalue weighted by molar-refractivity contribution is -0.115. The van der Waals surface area contributed by atoms with Crippen molar-refractivity contribution in [2.45, 2.75) is 18.2 Å². The Morgan fingerprint density at radius 2 is 1.93 bits per heavy atom. The van der Waals surface area contributed by atoms with Crippen molar-refractivity contribution in [2.75, 3.05) is 5.32 Å². The summed E-state index contributed by atoms with van der Waals surface area (Å²) in [6.45, 7) is 1.37. The van der Waals surface area contributed by atoms with Gasteiger partial charge in [0.15, 0.2) is 5.78 Å². The summed E-state index contributed by atoms with van der Waals surface area (Å²) >= 11 is 6.06. The zero-order chi connectivity index (χ0) is 21.2. The van der Waals surface area contributed by atoms with E-state index in [4.69, 9.17) is 16.7 Å². The Bertz CT molecular complexity index is 1200. The van der Waals surface area contributed by atoms with E-state index in [1.807, 2.05) is 0 Å². The number of nitrogens with one attached hydrogen (secondary N) is 1. The van der Waals surface area contributed by atoms with Crippen LogP contribution in [-0.2, 0) is 21.2 Å². The number of carbonyl (C=O) groups is 2. The number of ketones is 1. The minimum atomic E-state index is -4.13. The summed E-state index contributed by atoms with van der Waals surface area (Å²) in [4.78, 5) is 23.5. The number of Topliss-reactive ketones (excluding diaryl/α,β-unsaturated/α-hetero) is 1. The van der Waals surface area contributed by atoms with E-state index in [2.05, 4.69) is 10.4 Å². The van der Waals surface area contributed by atoms with Crippen molar-refractivity contribution in [1.29, 1.82) is 0 Å². The first-order chi connectivity index (χ1) is 13.6. The Morgan fingerprint density at radius 1 is 1.21 bits per heavy atom. The van der Waals surface area contributed by atoms with Gasteiger partial charge in [-0.15, -0.1) is 0 Å². The fraction of sp³-hybridized carbons (Fsp3) is 0.105. The number of carbonyl (C=O) groups excluding carboxylic acids is 2. The molecule has 3 N–H and O–H groups in total. The molecule has 0 unspecified atom stereocenters. The van der Waals surface area contributed by atoms with Crippen molar-refractivity contribution in [1.82, 2.24) is 9.78 Å². The first-order valence-corrected chi connectivity index (χ1v) is 10.3. The predicted octanol–water partition coefficient (Wildman–Crippen LogP) is 2.56. The van der Waals surface area contributed by atoms with Crippen LogP contribution in [0.4, 0.5) is 5.69 Å². The van der Waals surface area contributed by atoms with Crippen molar-refractivity contribution in [3.05, 3.63) is 71.0 Å². The molecule has 3 rings (SSSR count). The van der Waals surface area contributed by atoms with Crippen molar-refractivity contribution >= 4 is 39.0 Å². The van der Waals surface area contributed by atoms with E-state index in [-0.39, 0.29) is 34.4 Å². The maximum Gasteiger partial charge on any atom is 0.240 e. The number of nitrogens with zero attached hydrogens (tertiary/aromatic N) is 2. The number of primary sulfonamides is 1. The molecule has 0 atom stereocenters. The standard InChI is InChI=1S/C19H17ClN4O4S/c1-12(25)14-10-22-24(11-14)17-7-6-15(9-18(17)29(21,27)28)23-19(26)8-13-4-2-3-5-16(13)20/h2-7,9-11H,8H2,1H3,(H,23,26)(H2,21,27,28). The van der Waals surface area contributed by atoms with E-state index in [0.29, 0.717) is 16.1 Å². The zero-order valence-corrected chi connectivity index (χ0v) is 16.9. The molecule has 0 aliphatic heterocycles. The fourth-order valence-corrected chi connectivity index (χ4v) is 3.61. The number of nitrogens with two attached hydrogens (primary N) is 1. The molecule has 150 valence electrons. The summed E-state index contributed by atoms with van der Waals surface area (Å²) in [7, 11) is -4.13. The highest BCUT2D eigenvalue weighted by Gasteiger charge is 2.18. The van der Waals surface area contributed by atoms with Gasteiger partial charge >= 0.3 is 0 Å². The van der Waals surface area contributed by atoms with Crippen LogP contribution in [0.5, 0.6) is 0 Å². The molecule has 0 saturated carbocycles. The first kappa shape index (κ1) is 20.7. The van der Waals surface area contributed by atoms with Gasteiger partial charge in [-0.05, 0) is 36.8 Å². The first-order valence-electron chi connectivity index (χ1n) is 8.41. The van der Waals surface area contributed by atoms with E-state index in [1.54, 1.807) is 24.3 Å². The summed E-state index contributed by atoms with van der Waals surface area (Å²) in [6.07, 6.45) is 2.75. The average Bonchev–Trinajstić information content (AvgIpc) is 3.13. The second-order valence-corrected chi connectivity index (χ2v) is 8.21. The van der Waals surface area contributed by atoms with Crippen molar-refractivity contribution in [3.8, 4) is 5.69 Å². The molecular formula is C19H17ClN4O4S. The predicted molar refractivity (Wildman–Crippen MR) is 109 cm³/mol. The van der Waals surface area contributed by atoms with Crippen LogP contribution < -0.4 is 10.5 Å². The summed E-state index contributed by atoms with van der Waals surface area (Å²) < 4.78 is 25.4. The number of halogens is 1. The summed E-state index contributed by atoms with van der Waals surface area (Å²) in [5, 5.41) is 12.4. The monoisotopic (exact) mass is 432 g/mol. The third-order valence-electron chi connectivity index (χ3n) is 4.09. The summed E-state index contributed by atoms with van der Waals surface area (Å²) in [5.41, 5.74) is 1.36. The number of rotatable bonds is 6. The van der Waals surface area contributed by atoms with Gasteiger partial charge in [-0.2, -0.15) is 5.10 Å². The van der Waals surface area contributed by atoms with Crippen LogP contribution in [0.3, 0.4) is 0 Å². The zero-order valence-electron chi connectivity index (χ0n) is 15.3. The lowest BCUT2D eigenvalue weighted by Gasteiger charge is -2.12. The average molecular weight is 433 g/mol. The molecule has 2 aromatic carbocycles. The summed E-state index contributed by atoms with van der Waals surface area (Å²) in [6, 6.07) is 11.1. The van der Waals surface area contributed by atoms with Gasteiger partial charge in [-0.25, -0.2) is 18.2 Å². The normalized spacial score (nSPS) is 11.3. The second kappa shape index (κ2) is 8.16. The Kier molecular flexibility index (Phi) is 5.83. The van der Waals surface area contributed by atoms with Gasteiger partial charge in [0.1, 0.15) is 4.90 Å². The lowest BCUT2D eigenvalue weighted by Crippen LogP contribution is -2.18. The molecule has 8 nitrogen and oxygen atoms in total. The number of hydrogen-bond donors (Lipinski definition) is 2. The maximum atomic E-state index is 12.3. The SMILES string of the molecule is CC(=O)c1cnn(-c2ccc(NC(=O)Cc3ccccc3Cl)cc2S(N)(=O)=O)c1. The molecule has 0 saturated heterocycles. The van der Waals surface area contributed by atoms with Crippen molar-refractivity contribution < 1.29 is 18.0 Å². The van der Waals surface area contributed by atoms with Gasteiger partial charge in [0.05, 0.1) is 23.9 Å². The highest BCUT2D eigenvalue weighted by molar-refractivity contribution is 7.89. The molecule has 0 fully saturated rings.